The topological polar surface area (TPSA) is 54.7 Å². The van der Waals surface area contributed by atoms with Gasteiger partial charge in [0, 0.05) is 53.0 Å². The van der Waals surface area contributed by atoms with E-state index in [2.05, 4.69) is 99.6 Å². The number of phenols is 1. The molecule has 0 saturated carbocycles. The highest BCUT2D eigenvalue weighted by Crippen LogP contribution is 2.40. The molecule has 0 spiro atoms. The average molecular weight is 633 g/mol. The summed E-state index contributed by atoms with van der Waals surface area (Å²) in [5.74, 6) is 0.459. The fraction of sp³-hybridized carbons (Fsp3) is 0.378. The first-order valence-corrected chi connectivity index (χ1v) is 16.3. The number of nitrogens with zero attached hydrogens (tertiary/aromatic N) is 2. The zero-order valence-corrected chi connectivity index (χ0v) is 28.6. The van der Waals surface area contributed by atoms with E-state index < -0.39 is 0 Å². The normalized spacial score (nSPS) is 13.7. The maximum Gasteiger partial charge on any atom is 0.340 e. The third kappa shape index (κ3) is 7.03. The van der Waals surface area contributed by atoms with Crippen LogP contribution in [0.1, 0.15) is 76.6 Å². The quantitative estimate of drug-likeness (QED) is 0.147. The number of halogens is 1. The minimum Gasteiger partial charge on any atom is -0.507 e. The molecule has 0 amide bonds. The van der Waals surface area contributed by atoms with Gasteiger partial charge in [-0.05, 0) is 89.3 Å². The number of carbonyl (C=O) groups excluding carboxylic acids is 1. The second-order valence-corrected chi connectivity index (χ2v) is 13.1. The van der Waals surface area contributed by atoms with Crippen molar-refractivity contribution >= 4 is 46.6 Å². The standard InChI is InChI=1S/C37H44N2O3S.ClH/c1-8-42-37(41)35-31-20-34(40)30(29-13-15-38(16-14-29)23(2)3)19-32(31)39(21-28-11-9-24(4)10-12-28)33(35)22-43-36-26(6)17-25(5)18-27(36)7;/h9-13,17-20,23,40H,8,14-16,21-22H2,1-7H3;1H. The number of phenolic OH excluding ortho intramolecular Hbond substituents is 1. The van der Waals surface area contributed by atoms with Gasteiger partial charge in [0.1, 0.15) is 5.75 Å². The van der Waals surface area contributed by atoms with E-state index in [1.165, 1.54) is 27.1 Å². The maximum atomic E-state index is 13.6. The molecular formula is C37H45ClN2O3S. The Kier molecular flexibility index (Phi) is 10.9. The number of carbonyl (C=O) groups is 1. The van der Waals surface area contributed by atoms with Gasteiger partial charge in [0.05, 0.1) is 17.7 Å². The summed E-state index contributed by atoms with van der Waals surface area (Å²) in [6.45, 7) is 17.5. The third-order valence-electron chi connectivity index (χ3n) is 8.50. The van der Waals surface area contributed by atoms with E-state index in [4.69, 9.17) is 4.74 Å². The second kappa shape index (κ2) is 14.3. The van der Waals surface area contributed by atoms with E-state index in [9.17, 15) is 9.90 Å². The molecule has 2 heterocycles. The predicted octanol–water partition coefficient (Wildman–Crippen LogP) is 9.02. The van der Waals surface area contributed by atoms with Gasteiger partial charge in [0.2, 0.25) is 0 Å². The van der Waals surface area contributed by atoms with Gasteiger partial charge in [-0.25, -0.2) is 4.79 Å². The zero-order valence-electron chi connectivity index (χ0n) is 27.0. The van der Waals surface area contributed by atoms with Crippen LogP contribution in [0.4, 0.5) is 0 Å². The van der Waals surface area contributed by atoms with Crippen LogP contribution in [-0.2, 0) is 17.0 Å². The van der Waals surface area contributed by atoms with Crippen LogP contribution in [0.25, 0.3) is 16.5 Å². The average Bonchev–Trinajstić information content (AvgIpc) is 3.25. The summed E-state index contributed by atoms with van der Waals surface area (Å²) in [4.78, 5) is 17.3. The van der Waals surface area contributed by atoms with Crippen LogP contribution in [0.5, 0.6) is 5.75 Å². The Bertz CT molecular complexity index is 1660. The van der Waals surface area contributed by atoms with Gasteiger partial charge in [-0.3, -0.25) is 4.90 Å². The largest absolute Gasteiger partial charge is 0.507 e. The summed E-state index contributed by atoms with van der Waals surface area (Å²) in [7, 11) is 0. The van der Waals surface area contributed by atoms with Crippen LogP contribution >= 0.6 is 24.2 Å². The van der Waals surface area contributed by atoms with Gasteiger partial charge in [-0.15, -0.1) is 24.2 Å². The second-order valence-electron chi connectivity index (χ2n) is 12.1. The molecule has 5 nitrogen and oxygen atoms in total. The summed E-state index contributed by atoms with van der Waals surface area (Å²) in [5.41, 5.74) is 10.5. The molecule has 5 rings (SSSR count). The molecule has 3 aromatic carbocycles. The lowest BCUT2D eigenvalue weighted by atomic mass is 9.96. The fourth-order valence-electron chi connectivity index (χ4n) is 6.26. The van der Waals surface area contributed by atoms with Crippen molar-refractivity contribution in [2.24, 2.45) is 0 Å². The van der Waals surface area contributed by atoms with Crippen molar-refractivity contribution in [3.8, 4) is 5.75 Å². The lowest BCUT2D eigenvalue weighted by molar-refractivity contribution is 0.0527. The monoisotopic (exact) mass is 632 g/mol. The summed E-state index contributed by atoms with van der Waals surface area (Å²) in [5, 5.41) is 12.1. The van der Waals surface area contributed by atoms with Crippen molar-refractivity contribution in [3.63, 3.8) is 0 Å². The molecule has 0 unspecified atom stereocenters. The first kappa shape index (κ1) is 33.7. The van der Waals surface area contributed by atoms with Crippen LogP contribution in [0, 0.1) is 27.7 Å². The van der Waals surface area contributed by atoms with Crippen molar-refractivity contribution in [1.82, 2.24) is 9.47 Å². The van der Waals surface area contributed by atoms with Gasteiger partial charge in [-0.1, -0.05) is 53.6 Å². The number of hydrogen-bond acceptors (Lipinski definition) is 5. The van der Waals surface area contributed by atoms with Gasteiger partial charge < -0.3 is 14.4 Å². The minimum atomic E-state index is -0.347. The van der Waals surface area contributed by atoms with Crippen LogP contribution in [0.3, 0.4) is 0 Å². The number of fused-ring (bicyclic) bond motifs is 1. The molecule has 1 aliphatic heterocycles. The van der Waals surface area contributed by atoms with Crippen molar-refractivity contribution in [2.75, 3.05) is 19.7 Å². The highest BCUT2D eigenvalue weighted by molar-refractivity contribution is 7.98. The van der Waals surface area contributed by atoms with Crippen LogP contribution in [0.15, 0.2) is 59.5 Å². The van der Waals surface area contributed by atoms with E-state index in [1.54, 1.807) is 17.8 Å². The summed E-state index contributed by atoms with van der Waals surface area (Å²) < 4.78 is 7.90. The molecule has 0 saturated heterocycles. The molecule has 234 valence electrons. The fourth-order valence-corrected chi connectivity index (χ4v) is 7.42. The highest BCUT2D eigenvalue weighted by Gasteiger charge is 2.27. The smallest absolute Gasteiger partial charge is 0.340 e. The zero-order chi connectivity index (χ0) is 30.8. The molecule has 1 aromatic heterocycles. The van der Waals surface area contributed by atoms with Crippen molar-refractivity contribution in [1.29, 1.82) is 0 Å². The Hall–Kier alpha value is -3.19. The highest BCUT2D eigenvalue weighted by atomic mass is 35.5. The molecule has 0 fully saturated rings. The molecule has 1 N–H and O–H groups in total. The number of hydrogen-bond donors (Lipinski definition) is 1. The van der Waals surface area contributed by atoms with E-state index >= 15 is 0 Å². The number of aromatic nitrogens is 1. The Balaban J connectivity index is 0.00000442. The lowest BCUT2D eigenvalue weighted by Gasteiger charge is -2.30. The van der Waals surface area contributed by atoms with Gasteiger partial charge in [0.15, 0.2) is 0 Å². The molecule has 0 radical (unpaired) electrons. The van der Waals surface area contributed by atoms with E-state index in [1.807, 2.05) is 6.92 Å². The van der Waals surface area contributed by atoms with Gasteiger partial charge >= 0.3 is 5.97 Å². The Morgan fingerprint density at radius 3 is 2.27 bits per heavy atom. The van der Waals surface area contributed by atoms with Crippen LogP contribution < -0.4 is 0 Å². The molecule has 0 aliphatic carbocycles. The predicted molar refractivity (Wildman–Crippen MR) is 187 cm³/mol. The maximum absolute atomic E-state index is 13.6. The number of aromatic hydroxyl groups is 1. The third-order valence-corrected chi connectivity index (χ3v) is 9.85. The van der Waals surface area contributed by atoms with E-state index in [0.29, 0.717) is 23.9 Å². The molecular weight excluding hydrogens is 588 g/mol. The van der Waals surface area contributed by atoms with E-state index in [-0.39, 0.29) is 30.7 Å². The Labute approximate surface area is 272 Å². The van der Waals surface area contributed by atoms with Crippen LogP contribution in [-0.4, -0.2) is 46.3 Å². The number of esters is 1. The van der Waals surface area contributed by atoms with Crippen LogP contribution in [0.2, 0.25) is 0 Å². The molecule has 0 bridgehead atoms. The summed E-state index contributed by atoms with van der Waals surface area (Å²) in [6, 6.07) is 17.4. The SMILES string of the molecule is CCOC(=O)c1c(CSc2c(C)cc(C)cc2C)n(Cc2ccc(C)cc2)c2cc(C3=CCN(C(C)C)CC3)c(O)cc12.Cl. The first-order valence-electron chi connectivity index (χ1n) is 15.3. The van der Waals surface area contributed by atoms with Crippen molar-refractivity contribution in [2.45, 2.75) is 78.1 Å². The lowest BCUT2D eigenvalue weighted by Crippen LogP contribution is -2.34. The Morgan fingerprint density at radius 2 is 1.68 bits per heavy atom. The number of aryl methyl sites for hydroxylation is 4. The molecule has 7 heteroatoms. The molecule has 4 aromatic rings. The molecule has 0 atom stereocenters. The van der Waals surface area contributed by atoms with Crippen molar-refractivity contribution in [3.05, 3.63) is 99.2 Å². The van der Waals surface area contributed by atoms with Gasteiger partial charge in [0.25, 0.3) is 0 Å². The number of benzene rings is 3. The molecule has 1 aliphatic rings. The number of thioether (sulfide) groups is 1. The minimum absolute atomic E-state index is 0. The summed E-state index contributed by atoms with van der Waals surface area (Å²) >= 11 is 1.76. The summed E-state index contributed by atoms with van der Waals surface area (Å²) in [6.07, 6.45) is 3.11. The van der Waals surface area contributed by atoms with E-state index in [0.717, 1.165) is 52.8 Å². The number of rotatable bonds is 9. The van der Waals surface area contributed by atoms with Gasteiger partial charge in [-0.2, -0.15) is 0 Å². The Morgan fingerprint density at radius 1 is 1.00 bits per heavy atom. The first-order chi connectivity index (χ1) is 20.6. The van der Waals surface area contributed by atoms with Crippen molar-refractivity contribution < 1.29 is 14.6 Å². The number of ether oxygens (including phenoxy) is 1. The molecule has 44 heavy (non-hydrogen) atoms.